The van der Waals surface area contributed by atoms with Gasteiger partial charge in [-0.15, -0.1) is 0 Å². The molecule has 2 aromatic carbocycles. The second-order valence-corrected chi connectivity index (χ2v) is 9.55. The maximum atomic E-state index is 12.7. The number of hydrogen-bond acceptors (Lipinski definition) is 3. The molecular formula is C20H23BrN2O3S. The van der Waals surface area contributed by atoms with E-state index in [1.165, 1.54) is 0 Å². The molecule has 1 saturated heterocycles. The van der Waals surface area contributed by atoms with Gasteiger partial charge in [-0.25, -0.2) is 8.42 Å². The lowest BCUT2D eigenvalue weighted by molar-refractivity contribution is -0.120. The number of halogens is 1. The average Bonchev–Trinajstić information content (AvgIpc) is 2.68. The van der Waals surface area contributed by atoms with E-state index < -0.39 is 10.0 Å². The summed E-state index contributed by atoms with van der Waals surface area (Å²) in [4.78, 5) is 12.4. The highest BCUT2D eigenvalue weighted by Gasteiger charge is 2.25. The topological polar surface area (TPSA) is 66.5 Å². The molecule has 1 amide bonds. The van der Waals surface area contributed by atoms with E-state index >= 15 is 0 Å². The first-order valence-electron chi connectivity index (χ1n) is 9.05. The lowest BCUT2D eigenvalue weighted by Gasteiger charge is -2.25. The zero-order valence-corrected chi connectivity index (χ0v) is 17.4. The number of benzene rings is 2. The maximum Gasteiger partial charge on any atom is 0.243 e. The van der Waals surface area contributed by atoms with Crippen LogP contribution in [0, 0.1) is 0 Å². The van der Waals surface area contributed by atoms with Crippen LogP contribution < -0.4 is 5.32 Å². The van der Waals surface area contributed by atoms with E-state index in [-0.39, 0.29) is 12.3 Å². The van der Waals surface area contributed by atoms with Gasteiger partial charge in [-0.2, -0.15) is 4.31 Å². The van der Waals surface area contributed by atoms with E-state index in [0.717, 1.165) is 34.9 Å². The Morgan fingerprint density at radius 1 is 1.00 bits per heavy atom. The number of nitrogens with zero attached hydrogens (tertiary/aromatic N) is 1. The van der Waals surface area contributed by atoms with Crippen molar-refractivity contribution in [1.82, 2.24) is 9.62 Å². The number of nitrogens with one attached hydrogen (secondary N) is 1. The Balaban J connectivity index is 1.57. The normalized spacial score (nSPS) is 15.4. The number of hydrogen-bond donors (Lipinski definition) is 1. The molecule has 5 nitrogen and oxygen atoms in total. The first-order chi connectivity index (χ1) is 12.9. The minimum absolute atomic E-state index is 0.0957. The van der Waals surface area contributed by atoms with Gasteiger partial charge in [0.2, 0.25) is 15.9 Å². The van der Waals surface area contributed by atoms with Crippen molar-refractivity contribution in [2.24, 2.45) is 0 Å². The highest BCUT2D eigenvalue weighted by Crippen LogP contribution is 2.21. The Bertz CT molecular complexity index is 892. The summed E-state index contributed by atoms with van der Waals surface area (Å²) < 4.78 is 27.8. The molecule has 1 N–H and O–H groups in total. The molecule has 0 bridgehead atoms. The molecule has 0 radical (unpaired) electrons. The number of carbonyl (C=O) groups excluding carboxylic acids is 1. The van der Waals surface area contributed by atoms with E-state index in [0.29, 0.717) is 24.5 Å². The summed E-state index contributed by atoms with van der Waals surface area (Å²) in [6.07, 6.45) is 3.13. The molecule has 3 rings (SSSR count). The van der Waals surface area contributed by atoms with E-state index in [4.69, 9.17) is 0 Å². The van der Waals surface area contributed by atoms with Crippen LogP contribution in [0.3, 0.4) is 0 Å². The molecule has 1 aliphatic rings. The zero-order valence-electron chi connectivity index (χ0n) is 15.0. The van der Waals surface area contributed by atoms with Crippen molar-refractivity contribution in [2.45, 2.75) is 37.1 Å². The number of rotatable bonds is 6. The van der Waals surface area contributed by atoms with Gasteiger partial charge in [-0.1, -0.05) is 46.6 Å². The van der Waals surface area contributed by atoms with Gasteiger partial charge < -0.3 is 5.32 Å². The van der Waals surface area contributed by atoms with Crippen LogP contribution in [0.2, 0.25) is 0 Å². The third-order valence-electron chi connectivity index (χ3n) is 4.62. The summed E-state index contributed by atoms with van der Waals surface area (Å²) in [6.45, 7) is 1.63. The second-order valence-electron chi connectivity index (χ2n) is 6.69. The predicted octanol–water partition coefficient (Wildman–Crippen LogP) is 3.48. The first kappa shape index (κ1) is 20.0. The third-order valence-corrected chi connectivity index (χ3v) is 7.03. The quantitative estimate of drug-likeness (QED) is 0.732. The monoisotopic (exact) mass is 450 g/mol. The largest absolute Gasteiger partial charge is 0.352 e. The van der Waals surface area contributed by atoms with Crippen LogP contribution in [0.4, 0.5) is 0 Å². The third kappa shape index (κ3) is 5.40. The van der Waals surface area contributed by atoms with E-state index in [1.54, 1.807) is 28.6 Å². The van der Waals surface area contributed by atoms with Gasteiger partial charge in [-0.05, 0) is 48.2 Å². The molecule has 7 heteroatoms. The fourth-order valence-corrected chi connectivity index (χ4v) is 5.09. The van der Waals surface area contributed by atoms with Crippen LogP contribution in [-0.4, -0.2) is 31.7 Å². The van der Waals surface area contributed by atoms with E-state index in [1.807, 2.05) is 24.3 Å². The van der Waals surface area contributed by atoms with Crippen LogP contribution in [0.15, 0.2) is 57.9 Å². The molecule has 0 aliphatic carbocycles. The fourth-order valence-electron chi connectivity index (χ4n) is 3.13. The summed E-state index contributed by atoms with van der Waals surface area (Å²) in [5.74, 6) is -0.0957. The number of sulfonamides is 1. The smallest absolute Gasteiger partial charge is 0.243 e. The number of piperidine rings is 1. The van der Waals surface area contributed by atoms with Crippen molar-refractivity contribution >= 4 is 31.9 Å². The number of carbonyl (C=O) groups is 1. The van der Waals surface area contributed by atoms with Crippen molar-refractivity contribution in [3.8, 4) is 0 Å². The minimum atomic E-state index is -3.43. The van der Waals surface area contributed by atoms with Gasteiger partial charge in [0.15, 0.2) is 0 Å². The van der Waals surface area contributed by atoms with E-state index in [2.05, 4.69) is 21.2 Å². The van der Waals surface area contributed by atoms with Gasteiger partial charge in [0.05, 0.1) is 11.3 Å². The van der Waals surface area contributed by atoms with Crippen molar-refractivity contribution in [1.29, 1.82) is 0 Å². The Hall–Kier alpha value is -1.70. The van der Waals surface area contributed by atoms with Crippen molar-refractivity contribution in [2.75, 3.05) is 13.1 Å². The van der Waals surface area contributed by atoms with Crippen molar-refractivity contribution < 1.29 is 13.2 Å². The molecule has 27 heavy (non-hydrogen) atoms. The molecule has 0 atom stereocenters. The molecule has 1 aliphatic heterocycles. The van der Waals surface area contributed by atoms with Gasteiger partial charge in [0.25, 0.3) is 0 Å². The zero-order chi connectivity index (χ0) is 19.3. The Morgan fingerprint density at radius 3 is 2.37 bits per heavy atom. The van der Waals surface area contributed by atoms with Crippen LogP contribution in [-0.2, 0) is 27.8 Å². The molecule has 0 saturated carbocycles. The molecule has 1 fully saturated rings. The molecule has 0 unspecified atom stereocenters. The van der Waals surface area contributed by atoms with Gasteiger partial charge in [0, 0.05) is 24.1 Å². The summed E-state index contributed by atoms with van der Waals surface area (Å²) in [5.41, 5.74) is 1.81. The lowest BCUT2D eigenvalue weighted by atomic mass is 10.1. The Kier molecular flexibility index (Phi) is 6.68. The maximum absolute atomic E-state index is 12.7. The summed E-state index contributed by atoms with van der Waals surface area (Å²) >= 11 is 3.41. The molecular weight excluding hydrogens is 428 g/mol. The summed E-state index contributed by atoms with van der Waals surface area (Å²) in [5, 5.41) is 2.88. The molecule has 144 valence electrons. The molecule has 0 spiro atoms. The van der Waals surface area contributed by atoms with Crippen LogP contribution in [0.25, 0.3) is 0 Å². The first-order valence-corrected chi connectivity index (χ1v) is 11.3. The predicted molar refractivity (Wildman–Crippen MR) is 109 cm³/mol. The fraction of sp³-hybridized carbons (Fsp3) is 0.350. The minimum Gasteiger partial charge on any atom is -0.352 e. The van der Waals surface area contributed by atoms with Crippen molar-refractivity contribution in [3.05, 3.63) is 64.1 Å². The highest BCUT2D eigenvalue weighted by molar-refractivity contribution is 9.10. The highest BCUT2D eigenvalue weighted by atomic mass is 79.9. The average molecular weight is 451 g/mol. The van der Waals surface area contributed by atoms with Gasteiger partial charge in [-0.3, -0.25) is 4.79 Å². The molecule has 0 aromatic heterocycles. The van der Waals surface area contributed by atoms with Crippen molar-refractivity contribution in [3.63, 3.8) is 0 Å². The Labute approximate surface area is 169 Å². The summed E-state index contributed by atoms with van der Waals surface area (Å²) in [7, 11) is -3.43. The van der Waals surface area contributed by atoms with Crippen LogP contribution in [0.5, 0.6) is 0 Å². The van der Waals surface area contributed by atoms with Gasteiger partial charge in [0.1, 0.15) is 0 Å². The summed E-state index contributed by atoms with van der Waals surface area (Å²) in [6, 6.07) is 14.4. The standard InChI is InChI=1S/C20H23BrN2O3S/c21-18-6-4-5-17(13-18)15-22-20(24)14-16-7-9-19(10-8-16)27(25,26)23-11-2-1-3-12-23/h4-10,13H,1-3,11-12,14-15H2,(H,22,24). The lowest BCUT2D eigenvalue weighted by Crippen LogP contribution is -2.35. The SMILES string of the molecule is O=C(Cc1ccc(S(=O)(=O)N2CCCCC2)cc1)NCc1cccc(Br)c1. The van der Waals surface area contributed by atoms with Crippen LogP contribution in [0.1, 0.15) is 30.4 Å². The molecule has 2 aromatic rings. The van der Waals surface area contributed by atoms with Crippen LogP contribution >= 0.6 is 15.9 Å². The van der Waals surface area contributed by atoms with Gasteiger partial charge >= 0.3 is 0 Å². The second kappa shape index (κ2) is 8.99. The van der Waals surface area contributed by atoms with E-state index in [9.17, 15) is 13.2 Å². The Morgan fingerprint density at radius 2 is 1.70 bits per heavy atom. The molecule has 1 heterocycles. The number of amides is 1.